The van der Waals surface area contributed by atoms with Crippen molar-refractivity contribution in [3.63, 3.8) is 0 Å². The molecular formula is C15H29N3O. The summed E-state index contributed by atoms with van der Waals surface area (Å²) in [6, 6.07) is 1.72. The number of hydrogen-bond donors (Lipinski definition) is 2. The van der Waals surface area contributed by atoms with E-state index in [-0.39, 0.29) is 11.4 Å². The Morgan fingerprint density at radius 2 is 1.79 bits per heavy atom. The van der Waals surface area contributed by atoms with Crippen molar-refractivity contribution in [1.82, 2.24) is 15.5 Å². The molecular weight excluding hydrogens is 238 g/mol. The van der Waals surface area contributed by atoms with Crippen LogP contribution in [0.1, 0.15) is 52.9 Å². The molecule has 2 rings (SSSR count). The first-order chi connectivity index (χ1) is 8.85. The van der Waals surface area contributed by atoms with E-state index in [0.717, 1.165) is 12.8 Å². The van der Waals surface area contributed by atoms with Crippen LogP contribution < -0.4 is 10.6 Å². The van der Waals surface area contributed by atoms with Crippen molar-refractivity contribution in [2.75, 3.05) is 13.6 Å². The summed E-state index contributed by atoms with van der Waals surface area (Å²) in [5.74, 6) is 0.141. The van der Waals surface area contributed by atoms with Gasteiger partial charge in [-0.25, -0.2) is 0 Å². The summed E-state index contributed by atoms with van der Waals surface area (Å²) in [7, 11) is 2.24. The Morgan fingerprint density at radius 1 is 1.21 bits per heavy atom. The van der Waals surface area contributed by atoms with Crippen LogP contribution in [-0.4, -0.2) is 48.1 Å². The number of rotatable bonds is 3. The molecule has 4 heteroatoms. The second-order valence-electron chi connectivity index (χ2n) is 7.24. The zero-order chi connectivity index (χ0) is 14.0. The summed E-state index contributed by atoms with van der Waals surface area (Å²) < 4.78 is 0. The van der Waals surface area contributed by atoms with Gasteiger partial charge in [-0.2, -0.15) is 0 Å². The number of carbonyl (C=O) groups is 1. The number of nitrogens with zero attached hydrogens (tertiary/aromatic N) is 1. The second-order valence-corrected chi connectivity index (χ2v) is 7.24. The zero-order valence-corrected chi connectivity index (χ0v) is 12.8. The van der Waals surface area contributed by atoms with E-state index in [4.69, 9.17) is 0 Å². The summed E-state index contributed by atoms with van der Waals surface area (Å²) in [5, 5.41) is 6.46. The summed E-state index contributed by atoms with van der Waals surface area (Å²) >= 11 is 0. The summed E-state index contributed by atoms with van der Waals surface area (Å²) in [6.45, 7) is 6.67. The van der Waals surface area contributed by atoms with Crippen molar-refractivity contribution in [2.45, 2.75) is 76.5 Å². The van der Waals surface area contributed by atoms with E-state index in [1.54, 1.807) is 0 Å². The summed E-state index contributed by atoms with van der Waals surface area (Å²) in [4.78, 5) is 14.5. The lowest BCUT2D eigenvalue weighted by atomic mass is 9.82. The topological polar surface area (TPSA) is 44.4 Å². The lowest BCUT2D eigenvalue weighted by Gasteiger charge is -2.47. The van der Waals surface area contributed by atoms with Crippen LogP contribution in [0.15, 0.2) is 0 Å². The van der Waals surface area contributed by atoms with E-state index >= 15 is 0 Å². The highest BCUT2D eigenvalue weighted by molar-refractivity contribution is 5.78. The molecule has 2 heterocycles. The van der Waals surface area contributed by atoms with E-state index in [1.807, 2.05) is 0 Å². The van der Waals surface area contributed by atoms with Gasteiger partial charge in [0.1, 0.15) is 0 Å². The molecule has 2 N–H and O–H groups in total. The lowest BCUT2D eigenvalue weighted by Crippen LogP contribution is -2.56. The fraction of sp³-hybridized carbons (Fsp3) is 0.933. The van der Waals surface area contributed by atoms with Crippen molar-refractivity contribution in [3.8, 4) is 0 Å². The predicted octanol–water partition coefficient (Wildman–Crippen LogP) is 1.51. The molecule has 110 valence electrons. The average molecular weight is 267 g/mol. The fourth-order valence-corrected chi connectivity index (χ4v) is 3.36. The van der Waals surface area contributed by atoms with Crippen LogP contribution in [0.4, 0.5) is 0 Å². The maximum Gasteiger partial charge on any atom is 0.234 e. The standard InChI is InChI=1S/C15H29N3O/c1-15(2,3)16-10-14(19)17-11-8-12-6-5-7-13(9-11)18(12)4/h11-13,16H,5-10H2,1-4H3,(H,17,19). The Morgan fingerprint density at radius 3 is 2.32 bits per heavy atom. The van der Waals surface area contributed by atoms with Gasteiger partial charge in [0.05, 0.1) is 6.54 Å². The first-order valence-corrected chi connectivity index (χ1v) is 7.61. The molecule has 0 aromatic rings. The van der Waals surface area contributed by atoms with E-state index in [2.05, 4.69) is 43.4 Å². The molecule has 2 aliphatic heterocycles. The predicted molar refractivity (Wildman–Crippen MR) is 78.1 cm³/mol. The molecule has 0 saturated carbocycles. The van der Waals surface area contributed by atoms with Crippen molar-refractivity contribution in [1.29, 1.82) is 0 Å². The Labute approximate surface area is 117 Å². The van der Waals surface area contributed by atoms with Gasteiger partial charge in [-0.15, -0.1) is 0 Å². The molecule has 2 fully saturated rings. The van der Waals surface area contributed by atoms with Gasteiger partial charge in [0.2, 0.25) is 5.91 Å². The van der Waals surface area contributed by atoms with E-state index in [1.165, 1.54) is 19.3 Å². The highest BCUT2D eigenvalue weighted by Crippen LogP contribution is 2.32. The normalized spacial score (nSPS) is 32.1. The Bertz CT molecular complexity index is 310. The molecule has 2 saturated heterocycles. The Balaban J connectivity index is 1.79. The number of amides is 1. The van der Waals surface area contributed by atoms with Gasteiger partial charge in [-0.3, -0.25) is 4.79 Å². The third kappa shape index (κ3) is 4.18. The van der Waals surface area contributed by atoms with Gasteiger partial charge in [0, 0.05) is 23.7 Å². The van der Waals surface area contributed by atoms with Crippen molar-refractivity contribution in [2.24, 2.45) is 0 Å². The number of carbonyl (C=O) groups excluding carboxylic acids is 1. The van der Waals surface area contributed by atoms with Crippen LogP contribution in [0, 0.1) is 0 Å². The van der Waals surface area contributed by atoms with Crippen LogP contribution in [0.25, 0.3) is 0 Å². The Hall–Kier alpha value is -0.610. The van der Waals surface area contributed by atoms with Crippen molar-refractivity contribution in [3.05, 3.63) is 0 Å². The van der Waals surface area contributed by atoms with Crippen LogP contribution in [-0.2, 0) is 4.79 Å². The quantitative estimate of drug-likeness (QED) is 0.814. The number of hydrogen-bond acceptors (Lipinski definition) is 3. The molecule has 0 aromatic carbocycles. The van der Waals surface area contributed by atoms with Gasteiger partial charge in [0.15, 0.2) is 0 Å². The van der Waals surface area contributed by atoms with E-state index in [0.29, 0.717) is 24.7 Å². The second kappa shape index (κ2) is 5.80. The monoisotopic (exact) mass is 267 g/mol. The number of nitrogens with one attached hydrogen (secondary N) is 2. The number of piperidine rings is 2. The zero-order valence-electron chi connectivity index (χ0n) is 12.8. The van der Waals surface area contributed by atoms with Gasteiger partial charge >= 0.3 is 0 Å². The van der Waals surface area contributed by atoms with Crippen LogP contribution >= 0.6 is 0 Å². The Kier molecular flexibility index (Phi) is 4.51. The van der Waals surface area contributed by atoms with Gasteiger partial charge in [0.25, 0.3) is 0 Å². The van der Waals surface area contributed by atoms with E-state index in [9.17, 15) is 4.79 Å². The number of fused-ring (bicyclic) bond motifs is 2. The molecule has 2 bridgehead atoms. The van der Waals surface area contributed by atoms with Crippen LogP contribution in [0.2, 0.25) is 0 Å². The third-order valence-electron chi connectivity index (χ3n) is 4.48. The van der Waals surface area contributed by atoms with Gasteiger partial charge in [-0.1, -0.05) is 6.42 Å². The molecule has 2 aliphatic rings. The molecule has 4 nitrogen and oxygen atoms in total. The minimum absolute atomic E-state index is 0.000625. The van der Waals surface area contributed by atoms with Crippen molar-refractivity contribution >= 4 is 5.91 Å². The third-order valence-corrected chi connectivity index (χ3v) is 4.48. The van der Waals surface area contributed by atoms with Crippen molar-refractivity contribution < 1.29 is 4.79 Å². The first kappa shape index (κ1) is 14.8. The molecule has 0 radical (unpaired) electrons. The minimum Gasteiger partial charge on any atom is -0.352 e. The maximum atomic E-state index is 12.0. The molecule has 2 atom stereocenters. The minimum atomic E-state index is 0.000625. The first-order valence-electron chi connectivity index (χ1n) is 7.61. The van der Waals surface area contributed by atoms with E-state index < -0.39 is 0 Å². The molecule has 2 unspecified atom stereocenters. The molecule has 0 aliphatic carbocycles. The van der Waals surface area contributed by atoms with Gasteiger partial charge in [-0.05, 0) is 53.5 Å². The van der Waals surface area contributed by atoms with Crippen LogP contribution in [0.5, 0.6) is 0 Å². The van der Waals surface area contributed by atoms with Gasteiger partial charge < -0.3 is 15.5 Å². The molecule has 0 spiro atoms. The highest BCUT2D eigenvalue weighted by atomic mass is 16.2. The maximum absolute atomic E-state index is 12.0. The summed E-state index contributed by atoms with van der Waals surface area (Å²) in [6.07, 6.45) is 6.17. The highest BCUT2D eigenvalue weighted by Gasteiger charge is 2.36. The molecule has 0 aromatic heterocycles. The van der Waals surface area contributed by atoms with Crippen LogP contribution in [0.3, 0.4) is 0 Å². The largest absolute Gasteiger partial charge is 0.352 e. The summed E-state index contributed by atoms with van der Waals surface area (Å²) in [5.41, 5.74) is 0.000625. The fourth-order valence-electron chi connectivity index (χ4n) is 3.36. The smallest absolute Gasteiger partial charge is 0.234 e. The molecule has 19 heavy (non-hydrogen) atoms. The SMILES string of the molecule is CN1C2CCCC1CC(NC(=O)CNC(C)(C)C)C2. The molecule has 1 amide bonds. The average Bonchev–Trinajstić information content (AvgIpc) is 2.27. The lowest BCUT2D eigenvalue weighted by molar-refractivity contribution is -0.122.